The van der Waals surface area contributed by atoms with Crippen molar-refractivity contribution in [2.45, 2.75) is 32.6 Å². The van der Waals surface area contributed by atoms with E-state index >= 15 is 0 Å². The zero-order valence-electron chi connectivity index (χ0n) is 17.0. The van der Waals surface area contributed by atoms with Crippen molar-refractivity contribution in [2.75, 3.05) is 11.9 Å². The van der Waals surface area contributed by atoms with Crippen molar-refractivity contribution >= 4 is 17.3 Å². The van der Waals surface area contributed by atoms with Gasteiger partial charge in [-0.25, -0.2) is 4.39 Å². The molecule has 0 saturated heterocycles. The maximum absolute atomic E-state index is 13.7. The van der Waals surface area contributed by atoms with Crippen molar-refractivity contribution in [1.82, 2.24) is 10.3 Å². The summed E-state index contributed by atoms with van der Waals surface area (Å²) in [4.78, 5) is 16.6. The number of halogens is 1. The first-order valence-electron chi connectivity index (χ1n) is 9.67. The van der Waals surface area contributed by atoms with Crippen LogP contribution >= 0.6 is 0 Å². The van der Waals surface area contributed by atoms with Gasteiger partial charge in [0.25, 0.3) is 5.91 Å². The molecule has 0 aliphatic heterocycles. The van der Waals surface area contributed by atoms with E-state index in [0.717, 1.165) is 11.4 Å². The number of nitrogens with one attached hydrogen (secondary N) is 2. The van der Waals surface area contributed by atoms with Gasteiger partial charge in [0.1, 0.15) is 5.82 Å². The zero-order valence-corrected chi connectivity index (χ0v) is 17.0. The van der Waals surface area contributed by atoms with Crippen LogP contribution in [0.15, 0.2) is 67.0 Å². The van der Waals surface area contributed by atoms with E-state index in [4.69, 9.17) is 0 Å². The van der Waals surface area contributed by atoms with Gasteiger partial charge in [-0.3, -0.25) is 9.78 Å². The highest BCUT2D eigenvalue weighted by Crippen LogP contribution is 2.25. The molecule has 150 valence electrons. The first-order valence-corrected chi connectivity index (χ1v) is 9.67. The minimum atomic E-state index is -0.257. The molecule has 1 amide bonds. The molecule has 29 heavy (non-hydrogen) atoms. The number of nitrogens with zero attached hydrogens (tertiary/aromatic N) is 1. The summed E-state index contributed by atoms with van der Waals surface area (Å²) in [6.45, 7) is 6.88. The van der Waals surface area contributed by atoms with Gasteiger partial charge in [-0.2, -0.15) is 0 Å². The predicted octanol–water partition coefficient (Wildman–Crippen LogP) is 5.23. The Labute approximate surface area is 171 Å². The molecule has 3 rings (SSSR count). The maximum Gasteiger partial charge on any atom is 0.252 e. The molecule has 1 heterocycles. The highest BCUT2D eigenvalue weighted by molar-refractivity contribution is 5.94. The molecule has 0 unspecified atom stereocenters. The molecule has 2 N–H and O–H groups in total. The number of hydrogen-bond acceptors (Lipinski definition) is 3. The van der Waals surface area contributed by atoms with Gasteiger partial charge in [-0.1, -0.05) is 51.1 Å². The number of hydrogen-bond donors (Lipinski definition) is 2. The lowest BCUT2D eigenvalue weighted by Crippen LogP contribution is -2.26. The van der Waals surface area contributed by atoms with Gasteiger partial charge in [0.15, 0.2) is 0 Å². The molecule has 0 atom stereocenters. The van der Waals surface area contributed by atoms with Crippen LogP contribution in [-0.2, 0) is 11.8 Å². The zero-order chi connectivity index (χ0) is 20.9. The normalized spacial score (nSPS) is 11.2. The van der Waals surface area contributed by atoms with Crippen LogP contribution in [0.4, 0.5) is 15.8 Å². The van der Waals surface area contributed by atoms with Gasteiger partial charge in [0.05, 0.1) is 17.4 Å². The summed E-state index contributed by atoms with van der Waals surface area (Å²) in [6.07, 6.45) is 3.63. The lowest BCUT2D eigenvalue weighted by Gasteiger charge is -2.19. The number of benzene rings is 2. The molecular formula is C24H26FN3O. The smallest absolute Gasteiger partial charge is 0.252 e. The molecule has 5 heteroatoms. The minimum Gasteiger partial charge on any atom is -0.354 e. The second-order valence-electron chi connectivity index (χ2n) is 8.01. The van der Waals surface area contributed by atoms with Crippen LogP contribution in [0.3, 0.4) is 0 Å². The standard InChI is InChI=1S/C24H26FN3O/c1-24(2,3)19-8-10-20(11-9-19)28-21-14-18(15-26-16-21)23(29)27-13-12-17-6-4-5-7-22(17)25/h4-11,14-16,28H,12-13H2,1-3H3,(H,27,29). The Morgan fingerprint density at radius 3 is 2.41 bits per heavy atom. The summed E-state index contributed by atoms with van der Waals surface area (Å²) in [5.74, 6) is -0.493. The quantitative estimate of drug-likeness (QED) is 0.605. The second kappa shape index (κ2) is 8.86. The molecule has 0 radical (unpaired) electrons. The fraction of sp³-hybridized carbons (Fsp3) is 0.250. The van der Waals surface area contributed by atoms with Crippen LogP contribution in [0.1, 0.15) is 42.3 Å². The predicted molar refractivity (Wildman–Crippen MR) is 115 cm³/mol. The molecule has 0 aliphatic rings. The van der Waals surface area contributed by atoms with Gasteiger partial charge in [-0.05, 0) is 47.2 Å². The first kappa shape index (κ1) is 20.5. The molecule has 3 aromatic rings. The Hall–Kier alpha value is -3.21. The van der Waals surface area contributed by atoms with Crippen LogP contribution in [-0.4, -0.2) is 17.4 Å². The van der Waals surface area contributed by atoms with Crippen molar-refractivity contribution in [3.05, 3.63) is 89.5 Å². The van der Waals surface area contributed by atoms with E-state index in [-0.39, 0.29) is 17.1 Å². The molecule has 0 fully saturated rings. The third kappa shape index (κ3) is 5.64. The van der Waals surface area contributed by atoms with E-state index in [9.17, 15) is 9.18 Å². The Morgan fingerprint density at radius 1 is 1.00 bits per heavy atom. The highest BCUT2D eigenvalue weighted by atomic mass is 19.1. The molecule has 4 nitrogen and oxygen atoms in total. The van der Waals surface area contributed by atoms with Gasteiger partial charge < -0.3 is 10.6 Å². The van der Waals surface area contributed by atoms with Crippen LogP contribution in [0.5, 0.6) is 0 Å². The topological polar surface area (TPSA) is 54.0 Å². The summed E-state index contributed by atoms with van der Waals surface area (Å²) < 4.78 is 13.7. The number of rotatable bonds is 6. The Kier molecular flexibility index (Phi) is 6.27. The summed E-state index contributed by atoms with van der Waals surface area (Å²) in [5, 5.41) is 6.09. The number of anilines is 2. The molecule has 2 aromatic carbocycles. The van der Waals surface area contributed by atoms with E-state index in [1.54, 1.807) is 30.5 Å². The number of amides is 1. The summed E-state index contributed by atoms with van der Waals surface area (Å²) >= 11 is 0. The van der Waals surface area contributed by atoms with Crippen LogP contribution < -0.4 is 10.6 Å². The second-order valence-corrected chi connectivity index (χ2v) is 8.01. The van der Waals surface area contributed by atoms with E-state index in [1.807, 2.05) is 12.1 Å². The molecule has 1 aromatic heterocycles. The fourth-order valence-electron chi connectivity index (χ4n) is 2.97. The number of pyridine rings is 1. The largest absolute Gasteiger partial charge is 0.354 e. The molecular weight excluding hydrogens is 365 g/mol. The highest BCUT2D eigenvalue weighted by Gasteiger charge is 2.13. The maximum atomic E-state index is 13.7. The first-order chi connectivity index (χ1) is 13.8. The van der Waals surface area contributed by atoms with Crippen molar-refractivity contribution in [3.63, 3.8) is 0 Å². The Morgan fingerprint density at radius 2 is 1.72 bits per heavy atom. The SMILES string of the molecule is CC(C)(C)c1ccc(Nc2cncc(C(=O)NCCc3ccccc3F)c2)cc1. The Balaban J connectivity index is 1.60. The van der Waals surface area contributed by atoms with E-state index < -0.39 is 0 Å². The van der Waals surface area contributed by atoms with Crippen molar-refractivity contribution in [2.24, 2.45) is 0 Å². The third-order valence-electron chi connectivity index (χ3n) is 4.68. The van der Waals surface area contributed by atoms with Gasteiger partial charge in [0, 0.05) is 18.4 Å². The third-order valence-corrected chi connectivity index (χ3v) is 4.68. The number of aromatic nitrogens is 1. The van der Waals surface area contributed by atoms with Crippen molar-refractivity contribution in [1.29, 1.82) is 0 Å². The number of carbonyl (C=O) groups is 1. The summed E-state index contributed by atoms with van der Waals surface area (Å²) in [6, 6.07) is 16.5. The van der Waals surface area contributed by atoms with E-state index in [2.05, 4.69) is 48.5 Å². The van der Waals surface area contributed by atoms with E-state index in [1.165, 1.54) is 17.8 Å². The summed E-state index contributed by atoms with van der Waals surface area (Å²) in [7, 11) is 0. The average Bonchev–Trinajstić information content (AvgIpc) is 2.69. The lowest BCUT2D eigenvalue weighted by molar-refractivity contribution is 0.0953. The van der Waals surface area contributed by atoms with Crippen LogP contribution in [0.2, 0.25) is 0 Å². The molecule has 0 bridgehead atoms. The fourth-order valence-corrected chi connectivity index (χ4v) is 2.97. The van der Waals surface area contributed by atoms with E-state index in [0.29, 0.717) is 24.1 Å². The van der Waals surface area contributed by atoms with Gasteiger partial charge in [-0.15, -0.1) is 0 Å². The molecule has 0 aliphatic carbocycles. The molecule has 0 spiro atoms. The molecule has 0 saturated carbocycles. The van der Waals surface area contributed by atoms with Gasteiger partial charge in [0.2, 0.25) is 0 Å². The number of carbonyl (C=O) groups excluding carboxylic acids is 1. The minimum absolute atomic E-state index is 0.0980. The van der Waals surface area contributed by atoms with Crippen LogP contribution in [0.25, 0.3) is 0 Å². The Bertz CT molecular complexity index is 978. The van der Waals surface area contributed by atoms with Gasteiger partial charge >= 0.3 is 0 Å². The van der Waals surface area contributed by atoms with Crippen molar-refractivity contribution in [3.8, 4) is 0 Å². The monoisotopic (exact) mass is 391 g/mol. The summed E-state index contributed by atoms with van der Waals surface area (Å²) in [5.41, 5.74) is 4.05. The van der Waals surface area contributed by atoms with Crippen LogP contribution in [0, 0.1) is 5.82 Å². The lowest BCUT2D eigenvalue weighted by atomic mass is 9.87. The average molecular weight is 391 g/mol. The van der Waals surface area contributed by atoms with Crippen molar-refractivity contribution < 1.29 is 9.18 Å².